The average molecular weight is 252 g/mol. The van der Waals surface area contributed by atoms with Crippen molar-refractivity contribution >= 4 is 0 Å². The number of fused-ring (bicyclic) bond motifs is 1. The molecule has 0 saturated heterocycles. The van der Waals surface area contributed by atoms with Crippen molar-refractivity contribution in [2.24, 2.45) is 5.73 Å². The maximum Gasteiger partial charge on any atom is 0.123 e. The van der Waals surface area contributed by atoms with E-state index in [4.69, 9.17) is 10.5 Å². The van der Waals surface area contributed by atoms with Gasteiger partial charge in [0.1, 0.15) is 17.7 Å². The van der Waals surface area contributed by atoms with Gasteiger partial charge in [-0.3, -0.25) is 4.90 Å². The van der Waals surface area contributed by atoms with E-state index in [1.807, 2.05) is 0 Å². The molecule has 1 unspecified atom stereocenters. The highest BCUT2D eigenvalue weighted by molar-refractivity contribution is 5.37. The van der Waals surface area contributed by atoms with Crippen molar-refractivity contribution in [3.05, 3.63) is 29.6 Å². The van der Waals surface area contributed by atoms with Gasteiger partial charge in [0, 0.05) is 31.6 Å². The lowest BCUT2D eigenvalue weighted by molar-refractivity contribution is 0.152. The second-order valence-electron chi connectivity index (χ2n) is 4.79. The molecule has 1 aromatic rings. The molecular weight excluding hydrogens is 231 g/mol. The van der Waals surface area contributed by atoms with Gasteiger partial charge in [-0.1, -0.05) is 6.92 Å². The fraction of sp³-hybridized carbons (Fsp3) is 0.571. The molecule has 0 fully saturated rings. The fourth-order valence-electron chi connectivity index (χ4n) is 2.47. The van der Waals surface area contributed by atoms with Crippen LogP contribution in [0.4, 0.5) is 4.39 Å². The molecule has 100 valence electrons. The second kappa shape index (κ2) is 6.16. The van der Waals surface area contributed by atoms with Gasteiger partial charge in [0.25, 0.3) is 0 Å². The summed E-state index contributed by atoms with van der Waals surface area (Å²) in [7, 11) is 0. The second-order valence-corrected chi connectivity index (χ2v) is 4.79. The van der Waals surface area contributed by atoms with E-state index in [9.17, 15) is 4.39 Å². The van der Waals surface area contributed by atoms with Crippen LogP contribution >= 0.6 is 0 Å². The summed E-state index contributed by atoms with van der Waals surface area (Å²) >= 11 is 0. The monoisotopic (exact) mass is 252 g/mol. The first-order valence-electron chi connectivity index (χ1n) is 6.60. The Morgan fingerprint density at radius 3 is 3.00 bits per heavy atom. The number of hydrogen-bond acceptors (Lipinski definition) is 3. The van der Waals surface area contributed by atoms with E-state index in [0.717, 1.165) is 43.8 Å². The number of ether oxygens (including phenoxy) is 1. The summed E-state index contributed by atoms with van der Waals surface area (Å²) in [6.07, 6.45) is 2.02. The van der Waals surface area contributed by atoms with E-state index in [1.54, 1.807) is 12.1 Å². The topological polar surface area (TPSA) is 38.5 Å². The van der Waals surface area contributed by atoms with Crippen LogP contribution in [0.1, 0.15) is 18.9 Å². The number of benzene rings is 1. The van der Waals surface area contributed by atoms with E-state index < -0.39 is 0 Å². The molecule has 1 aliphatic heterocycles. The molecule has 1 atom stereocenters. The van der Waals surface area contributed by atoms with Gasteiger partial charge in [-0.2, -0.15) is 0 Å². The third-order valence-electron chi connectivity index (χ3n) is 3.21. The third kappa shape index (κ3) is 3.21. The highest BCUT2D eigenvalue weighted by Gasteiger charge is 2.24. The molecular formula is C14H21FN2O. The lowest BCUT2D eigenvalue weighted by atomic mass is 10.1. The maximum absolute atomic E-state index is 13.1. The van der Waals surface area contributed by atoms with Gasteiger partial charge in [-0.25, -0.2) is 4.39 Å². The SMILES string of the molecule is CCCN(CCN)CC1Cc2cc(F)ccc2O1. The molecule has 0 amide bonds. The molecule has 0 aliphatic carbocycles. The van der Waals surface area contributed by atoms with Crippen molar-refractivity contribution in [1.29, 1.82) is 0 Å². The van der Waals surface area contributed by atoms with Crippen LogP contribution < -0.4 is 10.5 Å². The minimum Gasteiger partial charge on any atom is -0.488 e. The molecule has 18 heavy (non-hydrogen) atoms. The minimum atomic E-state index is -0.189. The zero-order chi connectivity index (χ0) is 13.0. The largest absolute Gasteiger partial charge is 0.488 e. The summed E-state index contributed by atoms with van der Waals surface area (Å²) < 4.78 is 18.9. The number of nitrogens with zero attached hydrogens (tertiary/aromatic N) is 1. The molecule has 0 radical (unpaired) electrons. The van der Waals surface area contributed by atoms with Gasteiger partial charge >= 0.3 is 0 Å². The van der Waals surface area contributed by atoms with Gasteiger partial charge in [0.15, 0.2) is 0 Å². The van der Waals surface area contributed by atoms with Crippen LogP contribution in [0.2, 0.25) is 0 Å². The van der Waals surface area contributed by atoms with Crippen LogP contribution in [0, 0.1) is 5.82 Å². The third-order valence-corrected chi connectivity index (χ3v) is 3.21. The van der Waals surface area contributed by atoms with Crippen molar-refractivity contribution in [1.82, 2.24) is 4.90 Å². The standard InChI is InChI=1S/C14H21FN2O/c1-2-6-17(7-5-16)10-13-9-11-8-12(15)3-4-14(11)18-13/h3-4,8,13H,2,5-7,9-10,16H2,1H3. The van der Waals surface area contributed by atoms with Crippen molar-refractivity contribution in [3.63, 3.8) is 0 Å². The molecule has 0 saturated carbocycles. The Morgan fingerprint density at radius 2 is 2.28 bits per heavy atom. The molecule has 2 N–H and O–H groups in total. The molecule has 2 rings (SSSR count). The van der Waals surface area contributed by atoms with Crippen LogP contribution in [-0.2, 0) is 6.42 Å². The molecule has 3 nitrogen and oxygen atoms in total. The highest BCUT2D eigenvalue weighted by atomic mass is 19.1. The first kappa shape index (κ1) is 13.3. The Balaban J connectivity index is 1.93. The first-order valence-corrected chi connectivity index (χ1v) is 6.60. The zero-order valence-electron chi connectivity index (χ0n) is 10.9. The van der Waals surface area contributed by atoms with Gasteiger partial charge in [-0.15, -0.1) is 0 Å². The fourth-order valence-corrected chi connectivity index (χ4v) is 2.47. The van der Waals surface area contributed by atoms with E-state index >= 15 is 0 Å². The Hall–Kier alpha value is -1.13. The number of nitrogens with two attached hydrogens (primary N) is 1. The van der Waals surface area contributed by atoms with Gasteiger partial charge in [0.05, 0.1) is 0 Å². The summed E-state index contributed by atoms with van der Waals surface area (Å²) in [5.41, 5.74) is 6.58. The summed E-state index contributed by atoms with van der Waals surface area (Å²) in [5, 5.41) is 0. The highest BCUT2D eigenvalue weighted by Crippen LogP contribution is 2.29. The summed E-state index contributed by atoms with van der Waals surface area (Å²) in [6, 6.07) is 4.74. The molecule has 1 aromatic carbocycles. The van der Waals surface area contributed by atoms with Crippen molar-refractivity contribution < 1.29 is 9.13 Å². The van der Waals surface area contributed by atoms with E-state index in [2.05, 4.69) is 11.8 Å². The first-order chi connectivity index (χ1) is 8.72. The summed E-state index contributed by atoms with van der Waals surface area (Å²) in [5.74, 6) is 0.635. The quantitative estimate of drug-likeness (QED) is 0.839. The predicted molar refractivity (Wildman–Crippen MR) is 70.3 cm³/mol. The van der Waals surface area contributed by atoms with Crippen molar-refractivity contribution in [2.75, 3.05) is 26.2 Å². The number of halogens is 1. The molecule has 1 heterocycles. The lowest BCUT2D eigenvalue weighted by Gasteiger charge is -2.24. The van der Waals surface area contributed by atoms with Crippen LogP contribution in [0.5, 0.6) is 5.75 Å². The molecule has 0 spiro atoms. The summed E-state index contributed by atoms with van der Waals surface area (Å²) in [4.78, 5) is 2.31. The van der Waals surface area contributed by atoms with Gasteiger partial charge < -0.3 is 10.5 Å². The van der Waals surface area contributed by atoms with Crippen molar-refractivity contribution in [2.45, 2.75) is 25.9 Å². The Morgan fingerprint density at radius 1 is 1.44 bits per heavy atom. The van der Waals surface area contributed by atoms with E-state index in [0.29, 0.717) is 6.54 Å². The maximum atomic E-state index is 13.1. The number of hydrogen-bond donors (Lipinski definition) is 1. The van der Waals surface area contributed by atoms with Crippen molar-refractivity contribution in [3.8, 4) is 5.75 Å². The Kier molecular flexibility index (Phi) is 4.55. The van der Waals surface area contributed by atoms with Gasteiger partial charge in [0.2, 0.25) is 0 Å². The normalized spacial score (nSPS) is 17.9. The lowest BCUT2D eigenvalue weighted by Crippen LogP contribution is -2.38. The average Bonchev–Trinajstić information content (AvgIpc) is 2.71. The summed E-state index contributed by atoms with van der Waals surface area (Å²) in [6.45, 7) is 5.60. The van der Waals surface area contributed by atoms with Crippen LogP contribution in [-0.4, -0.2) is 37.2 Å². The van der Waals surface area contributed by atoms with Crippen LogP contribution in [0.25, 0.3) is 0 Å². The molecule has 0 aromatic heterocycles. The predicted octanol–water partition coefficient (Wildman–Crippen LogP) is 1.80. The molecule has 0 bridgehead atoms. The minimum absolute atomic E-state index is 0.125. The van der Waals surface area contributed by atoms with Crippen LogP contribution in [0.3, 0.4) is 0 Å². The number of rotatable bonds is 6. The molecule has 4 heteroatoms. The Bertz CT molecular complexity index is 391. The van der Waals surface area contributed by atoms with Crippen LogP contribution in [0.15, 0.2) is 18.2 Å². The molecule has 1 aliphatic rings. The van der Waals surface area contributed by atoms with E-state index in [1.165, 1.54) is 6.07 Å². The Labute approximate surface area is 108 Å². The zero-order valence-corrected chi connectivity index (χ0v) is 10.9. The van der Waals surface area contributed by atoms with E-state index in [-0.39, 0.29) is 11.9 Å². The van der Waals surface area contributed by atoms with Gasteiger partial charge in [-0.05, 0) is 31.2 Å². The smallest absolute Gasteiger partial charge is 0.123 e.